The summed E-state index contributed by atoms with van der Waals surface area (Å²) in [6.45, 7) is 10.5. The van der Waals surface area contributed by atoms with Crippen molar-refractivity contribution in [2.24, 2.45) is 40.9 Å². The van der Waals surface area contributed by atoms with Crippen LogP contribution in [0, 0.1) is 40.9 Å². The number of carbonyl (C=O) groups excluding carboxylic acids is 2. The number of nitrogens with zero attached hydrogens (tertiary/aromatic N) is 1. The van der Waals surface area contributed by atoms with Crippen molar-refractivity contribution in [1.82, 2.24) is 4.90 Å². The van der Waals surface area contributed by atoms with E-state index in [2.05, 4.69) is 11.8 Å². The van der Waals surface area contributed by atoms with Crippen molar-refractivity contribution in [3.63, 3.8) is 0 Å². The summed E-state index contributed by atoms with van der Waals surface area (Å²) >= 11 is 0. The predicted molar refractivity (Wildman–Crippen MR) is 192 cm³/mol. The fourth-order valence-electron chi connectivity index (χ4n) is 13.1. The van der Waals surface area contributed by atoms with Crippen molar-refractivity contribution in [3.8, 4) is 11.5 Å². The van der Waals surface area contributed by atoms with Crippen molar-refractivity contribution in [3.05, 3.63) is 35.4 Å². The lowest BCUT2D eigenvalue weighted by atomic mass is 9.49. The molecule has 4 bridgehead atoms. The highest BCUT2D eigenvalue weighted by atomic mass is 16.7. The number of aliphatic hydroxyl groups excluding tert-OH is 2. The van der Waals surface area contributed by atoms with Gasteiger partial charge >= 0.3 is 11.9 Å². The second-order valence-corrected chi connectivity index (χ2v) is 18.1. The molecule has 298 valence electrons. The summed E-state index contributed by atoms with van der Waals surface area (Å²) in [7, 11) is 2.96. The molecule has 7 fully saturated rings. The molecule has 13 nitrogen and oxygen atoms in total. The summed E-state index contributed by atoms with van der Waals surface area (Å²) < 4.78 is 29.9. The first-order valence-electron chi connectivity index (χ1n) is 19.7. The van der Waals surface area contributed by atoms with Gasteiger partial charge in [0.25, 0.3) is 0 Å². The van der Waals surface area contributed by atoms with Crippen LogP contribution in [0.15, 0.2) is 29.8 Å². The van der Waals surface area contributed by atoms with Crippen LogP contribution < -0.4 is 9.47 Å². The zero-order chi connectivity index (χ0) is 38.9. The van der Waals surface area contributed by atoms with Crippen LogP contribution in [0.25, 0.3) is 0 Å². The molecule has 5 N–H and O–H groups in total. The molecule has 7 aliphatic rings. The maximum atomic E-state index is 13.7. The van der Waals surface area contributed by atoms with Gasteiger partial charge in [-0.05, 0) is 95.2 Å². The molecule has 13 heteroatoms. The van der Waals surface area contributed by atoms with Crippen LogP contribution in [-0.4, -0.2) is 123 Å². The SMILES string of the molecule is C/C=C(/C)C(=O)O[C@H]1[C@@H](O)[C@H]2[C@H](CN3C[C@H](C)CC[C@@H]3[C@@]2(C)O)[C@@H]2C[C@]34O[C@]5(O)[C@@H](OC(=O)c6ccc(OC)c(OC)c6)CC[C@@]3(C)[C@@H]5C[C@H](O)[C@@H]4[C@@]21O. The normalized spacial score (nSPS) is 49.2. The Morgan fingerprint density at radius 3 is 2.41 bits per heavy atom. The standard InChI is InChI=1S/C41H57NO12/c1-8-21(3)35(45)53-34-32(44)31-23(19-42-18-20(2)9-12-29(42)38(31,5)47)24-17-39-33(40(24,34)48)25(43)16-28-37(39,4)14-13-30(41(28,49)54-39)52-36(46)22-10-11-26(50-6)27(15-22)51-7/h8,10-11,15,20,23-25,28-34,43-44,47-49H,9,12-14,16-19H2,1-7H3/b21-8-/t20-,23-,24+,25+,28+,29-,30+,31-,32+,33+,34+,37+,38-,39-,40+,41+/m1/s1. The van der Waals surface area contributed by atoms with E-state index in [9.17, 15) is 35.1 Å². The lowest BCUT2D eigenvalue weighted by molar-refractivity contribution is -0.297. The van der Waals surface area contributed by atoms with Gasteiger partial charge in [0.15, 0.2) is 23.7 Å². The monoisotopic (exact) mass is 755 g/mol. The molecule has 0 amide bonds. The summed E-state index contributed by atoms with van der Waals surface area (Å²) in [4.78, 5) is 29.5. The molecule has 3 aliphatic heterocycles. The fourth-order valence-corrected chi connectivity index (χ4v) is 13.1. The molecule has 8 rings (SSSR count). The number of ether oxygens (including phenoxy) is 5. The van der Waals surface area contributed by atoms with Gasteiger partial charge in [-0.2, -0.15) is 0 Å². The van der Waals surface area contributed by atoms with E-state index in [1.54, 1.807) is 39.0 Å². The Labute approximate surface area is 316 Å². The number of carbonyl (C=O) groups is 2. The topological polar surface area (TPSA) is 185 Å². The predicted octanol–water partition coefficient (Wildman–Crippen LogP) is 2.58. The van der Waals surface area contributed by atoms with E-state index in [1.165, 1.54) is 20.3 Å². The largest absolute Gasteiger partial charge is 0.493 e. The number of allylic oxidation sites excluding steroid dienone is 1. The zero-order valence-electron chi connectivity index (χ0n) is 32.4. The number of benzene rings is 1. The Morgan fingerprint density at radius 2 is 1.72 bits per heavy atom. The van der Waals surface area contributed by atoms with Gasteiger partial charge in [0.05, 0.1) is 43.2 Å². The van der Waals surface area contributed by atoms with Crippen LogP contribution in [0.2, 0.25) is 0 Å². The molecular weight excluding hydrogens is 698 g/mol. The highest BCUT2D eigenvalue weighted by Crippen LogP contribution is 2.77. The number of rotatable bonds is 6. The smallest absolute Gasteiger partial charge is 0.338 e. The molecule has 3 heterocycles. The van der Waals surface area contributed by atoms with Crippen LogP contribution in [0.4, 0.5) is 0 Å². The molecule has 1 aromatic rings. The van der Waals surface area contributed by atoms with Crippen molar-refractivity contribution < 1.29 is 58.8 Å². The fraction of sp³-hybridized carbons (Fsp3) is 0.756. The third kappa shape index (κ3) is 4.87. The lowest BCUT2D eigenvalue weighted by Crippen LogP contribution is -2.77. The number of aliphatic hydroxyl groups is 5. The third-order valence-corrected chi connectivity index (χ3v) is 15.6. The first-order valence-corrected chi connectivity index (χ1v) is 19.7. The number of hydrogen-bond acceptors (Lipinski definition) is 13. The van der Waals surface area contributed by atoms with E-state index in [-0.39, 0.29) is 36.4 Å². The maximum absolute atomic E-state index is 13.7. The molecule has 4 aliphatic carbocycles. The summed E-state index contributed by atoms with van der Waals surface area (Å²) in [5.41, 5.74) is -5.08. The van der Waals surface area contributed by atoms with Crippen molar-refractivity contribution in [2.45, 2.75) is 126 Å². The summed E-state index contributed by atoms with van der Waals surface area (Å²) in [6, 6.07) is 4.42. The molecule has 16 atom stereocenters. The van der Waals surface area contributed by atoms with Gasteiger partial charge in [0.2, 0.25) is 5.79 Å². The van der Waals surface area contributed by atoms with E-state index in [4.69, 9.17) is 23.7 Å². The van der Waals surface area contributed by atoms with E-state index < -0.39 is 93.9 Å². The summed E-state index contributed by atoms with van der Waals surface area (Å²) in [5, 5.41) is 63.3. The molecule has 4 saturated carbocycles. The Hall–Kier alpha value is -2.78. The molecule has 0 radical (unpaired) electrons. The lowest BCUT2D eigenvalue weighted by Gasteiger charge is -2.64. The van der Waals surface area contributed by atoms with Crippen LogP contribution in [0.1, 0.15) is 83.5 Å². The highest BCUT2D eigenvalue weighted by Gasteiger charge is 2.87. The quantitative estimate of drug-likeness (QED) is 0.211. The second-order valence-electron chi connectivity index (χ2n) is 18.1. The average molecular weight is 756 g/mol. The minimum absolute atomic E-state index is 0.0149. The van der Waals surface area contributed by atoms with Gasteiger partial charge in [0, 0.05) is 47.9 Å². The molecule has 0 unspecified atom stereocenters. The van der Waals surface area contributed by atoms with Crippen LogP contribution in [0.5, 0.6) is 11.5 Å². The van der Waals surface area contributed by atoms with Crippen LogP contribution in [-0.2, 0) is 19.0 Å². The van der Waals surface area contributed by atoms with Crippen LogP contribution in [0.3, 0.4) is 0 Å². The molecule has 3 saturated heterocycles. The Bertz CT molecular complexity index is 1730. The van der Waals surface area contributed by atoms with Gasteiger partial charge in [-0.15, -0.1) is 0 Å². The van der Waals surface area contributed by atoms with Crippen molar-refractivity contribution >= 4 is 11.9 Å². The average Bonchev–Trinajstić information content (AvgIpc) is 3.41. The summed E-state index contributed by atoms with van der Waals surface area (Å²) in [5.74, 6) is -5.94. The van der Waals surface area contributed by atoms with E-state index in [1.807, 2.05) is 6.92 Å². The number of hydrogen-bond donors (Lipinski definition) is 5. The van der Waals surface area contributed by atoms with Gasteiger partial charge in [0.1, 0.15) is 5.60 Å². The molecule has 1 spiro atoms. The highest BCUT2D eigenvalue weighted by molar-refractivity contribution is 5.90. The van der Waals surface area contributed by atoms with Gasteiger partial charge in [-0.3, -0.25) is 4.90 Å². The first kappa shape index (κ1) is 38.1. The maximum Gasteiger partial charge on any atom is 0.338 e. The van der Waals surface area contributed by atoms with Gasteiger partial charge in [-0.25, -0.2) is 9.59 Å². The number of esters is 2. The number of fused-ring (bicyclic) bond motifs is 5. The minimum Gasteiger partial charge on any atom is -0.493 e. The van der Waals surface area contributed by atoms with E-state index in [0.717, 1.165) is 19.4 Å². The van der Waals surface area contributed by atoms with Gasteiger partial charge in [-0.1, -0.05) is 19.9 Å². The number of methoxy groups -OCH3 is 2. The number of piperidine rings is 2. The Balaban J connectivity index is 1.20. The molecule has 54 heavy (non-hydrogen) atoms. The van der Waals surface area contributed by atoms with Gasteiger partial charge < -0.3 is 49.2 Å². The zero-order valence-corrected chi connectivity index (χ0v) is 32.4. The Morgan fingerprint density at radius 1 is 1.00 bits per heavy atom. The van der Waals surface area contributed by atoms with Crippen molar-refractivity contribution in [2.75, 3.05) is 27.3 Å². The third-order valence-electron chi connectivity index (χ3n) is 15.6. The van der Waals surface area contributed by atoms with Crippen LogP contribution >= 0.6 is 0 Å². The summed E-state index contributed by atoms with van der Waals surface area (Å²) in [6.07, 6.45) is -1.16. The molecule has 1 aromatic carbocycles. The van der Waals surface area contributed by atoms with E-state index in [0.29, 0.717) is 30.4 Å². The Kier molecular flexibility index (Phi) is 8.90. The minimum atomic E-state index is -2.02. The van der Waals surface area contributed by atoms with Crippen molar-refractivity contribution in [1.29, 1.82) is 0 Å². The molecular formula is C41H57NO12. The van der Waals surface area contributed by atoms with E-state index >= 15 is 0 Å². The second kappa shape index (κ2) is 12.6. The molecule has 0 aromatic heterocycles. The first-order chi connectivity index (χ1) is 25.4.